The molecule has 0 aromatic heterocycles. The van der Waals surface area contributed by atoms with Crippen LogP contribution in [0, 0.1) is 11.3 Å². The first-order chi connectivity index (χ1) is 14.5. The highest BCUT2D eigenvalue weighted by Crippen LogP contribution is 2.52. The molecule has 2 unspecified atom stereocenters. The summed E-state index contributed by atoms with van der Waals surface area (Å²) in [5.74, 6) is -1.73. The van der Waals surface area contributed by atoms with Gasteiger partial charge in [-0.25, -0.2) is 0 Å². The molecule has 4 rings (SSSR count). The van der Waals surface area contributed by atoms with Crippen LogP contribution in [0.5, 0.6) is 5.75 Å². The molecule has 1 aliphatic rings. The van der Waals surface area contributed by atoms with Crippen LogP contribution in [0.3, 0.4) is 0 Å². The SMILES string of the molecule is CCOC1(OCC)Oc2c(ccc3ccccc23)C(c2ccc(Cl)cc2)C1(N)C#N. The van der Waals surface area contributed by atoms with E-state index in [1.165, 1.54) is 0 Å². The maximum absolute atomic E-state index is 10.3. The average Bonchev–Trinajstić information content (AvgIpc) is 2.76. The number of hydrogen-bond acceptors (Lipinski definition) is 5. The molecule has 30 heavy (non-hydrogen) atoms. The number of ether oxygens (including phenoxy) is 3. The number of nitrogens with zero attached hydrogens (tertiary/aromatic N) is 1. The Kier molecular flexibility index (Phi) is 5.44. The fourth-order valence-electron chi connectivity index (χ4n) is 4.19. The summed E-state index contributed by atoms with van der Waals surface area (Å²) in [6, 6.07) is 21.4. The number of hydrogen-bond donors (Lipinski definition) is 1. The summed E-state index contributed by atoms with van der Waals surface area (Å²) in [6.45, 7) is 4.15. The standard InChI is InChI=1S/C24H23ClN2O3/c1-3-28-24(29-4-2)23(27,15-26)21(17-9-12-18(25)13-10-17)20-14-11-16-7-5-6-8-19(16)22(20)30-24/h5-14,21H,3-4,27H2,1-2H3. The zero-order valence-corrected chi connectivity index (χ0v) is 17.6. The molecule has 0 bridgehead atoms. The number of rotatable bonds is 5. The van der Waals surface area contributed by atoms with Gasteiger partial charge >= 0.3 is 5.97 Å². The Morgan fingerprint density at radius 2 is 1.70 bits per heavy atom. The molecular weight excluding hydrogens is 400 g/mol. The molecule has 2 atom stereocenters. The highest BCUT2D eigenvalue weighted by atomic mass is 35.5. The number of nitrogens with two attached hydrogens (primary N) is 1. The van der Waals surface area contributed by atoms with Crippen molar-refractivity contribution in [3.8, 4) is 11.8 Å². The van der Waals surface area contributed by atoms with Crippen LogP contribution in [0.25, 0.3) is 10.8 Å². The summed E-state index contributed by atoms with van der Waals surface area (Å²) in [6.07, 6.45) is 0. The van der Waals surface area contributed by atoms with Crippen LogP contribution in [0.1, 0.15) is 30.9 Å². The lowest BCUT2D eigenvalue weighted by Gasteiger charge is -2.49. The minimum absolute atomic E-state index is 0.258. The Labute approximate surface area is 180 Å². The third kappa shape index (κ3) is 3.05. The van der Waals surface area contributed by atoms with Gasteiger partial charge in [0.15, 0.2) is 0 Å². The van der Waals surface area contributed by atoms with E-state index in [0.717, 1.165) is 21.9 Å². The highest BCUT2D eigenvalue weighted by molar-refractivity contribution is 6.30. The Bertz CT molecular complexity index is 1100. The molecule has 0 radical (unpaired) electrons. The van der Waals surface area contributed by atoms with Gasteiger partial charge in [-0.1, -0.05) is 60.1 Å². The number of benzene rings is 3. The minimum atomic E-state index is -1.77. The maximum Gasteiger partial charge on any atom is 0.361 e. The van der Waals surface area contributed by atoms with E-state index in [1.54, 1.807) is 12.1 Å². The van der Waals surface area contributed by atoms with E-state index >= 15 is 0 Å². The predicted molar refractivity (Wildman–Crippen MR) is 116 cm³/mol. The summed E-state index contributed by atoms with van der Waals surface area (Å²) in [5, 5.41) is 12.8. The first-order valence-corrected chi connectivity index (χ1v) is 10.3. The van der Waals surface area contributed by atoms with Crippen LogP contribution in [-0.4, -0.2) is 24.7 Å². The van der Waals surface area contributed by atoms with Crippen molar-refractivity contribution in [3.63, 3.8) is 0 Å². The Balaban J connectivity index is 2.07. The first kappa shape index (κ1) is 20.6. The molecule has 0 spiro atoms. The van der Waals surface area contributed by atoms with Gasteiger partial charge < -0.3 is 19.9 Å². The molecule has 5 nitrogen and oxygen atoms in total. The Hall–Kier alpha value is -2.62. The molecule has 0 aliphatic carbocycles. The molecule has 0 fully saturated rings. The summed E-state index contributed by atoms with van der Waals surface area (Å²) >= 11 is 6.12. The largest absolute Gasteiger partial charge is 0.436 e. The number of fused-ring (bicyclic) bond motifs is 3. The molecule has 0 saturated carbocycles. The summed E-state index contributed by atoms with van der Waals surface area (Å²) in [7, 11) is 0. The van der Waals surface area contributed by atoms with Gasteiger partial charge in [0.1, 0.15) is 5.75 Å². The predicted octanol–water partition coefficient (Wildman–Crippen LogP) is 4.97. The summed E-state index contributed by atoms with van der Waals surface area (Å²) in [4.78, 5) is 0. The molecular formula is C24H23ClN2O3. The van der Waals surface area contributed by atoms with Crippen molar-refractivity contribution in [3.05, 3.63) is 76.8 Å². The van der Waals surface area contributed by atoms with Crippen molar-refractivity contribution in [2.75, 3.05) is 13.2 Å². The van der Waals surface area contributed by atoms with Gasteiger partial charge in [0.25, 0.3) is 0 Å². The lowest BCUT2D eigenvalue weighted by atomic mass is 9.72. The van der Waals surface area contributed by atoms with E-state index in [9.17, 15) is 5.26 Å². The van der Waals surface area contributed by atoms with Crippen molar-refractivity contribution >= 4 is 22.4 Å². The maximum atomic E-state index is 10.3. The topological polar surface area (TPSA) is 77.5 Å². The number of nitriles is 1. The zero-order valence-electron chi connectivity index (χ0n) is 16.9. The number of halogens is 1. The lowest BCUT2D eigenvalue weighted by Crippen LogP contribution is -2.70. The van der Waals surface area contributed by atoms with Gasteiger partial charge in [0.2, 0.25) is 5.54 Å². The quantitative estimate of drug-likeness (QED) is 0.587. The highest BCUT2D eigenvalue weighted by Gasteiger charge is 2.64. The smallest absolute Gasteiger partial charge is 0.361 e. The van der Waals surface area contributed by atoms with Crippen LogP contribution in [0.2, 0.25) is 5.02 Å². The normalized spacial score (nSPS) is 22.2. The molecule has 3 aromatic rings. The molecule has 3 aromatic carbocycles. The molecule has 2 N–H and O–H groups in total. The summed E-state index contributed by atoms with van der Waals surface area (Å²) in [5.41, 5.74) is 6.79. The van der Waals surface area contributed by atoms with Crippen molar-refractivity contribution in [1.82, 2.24) is 0 Å². The van der Waals surface area contributed by atoms with Crippen LogP contribution in [-0.2, 0) is 9.47 Å². The molecule has 0 saturated heterocycles. The van der Waals surface area contributed by atoms with Crippen LogP contribution >= 0.6 is 11.6 Å². The van der Waals surface area contributed by atoms with E-state index in [-0.39, 0.29) is 13.2 Å². The Morgan fingerprint density at radius 3 is 2.33 bits per heavy atom. The van der Waals surface area contributed by atoms with E-state index in [1.807, 2.05) is 62.4 Å². The molecule has 154 valence electrons. The van der Waals surface area contributed by atoms with Crippen molar-refractivity contribution in [2.45, 2.75) is 31.3 Å². The van der Waals surface area contributed by atoms with E-state index in [4.69, 9.17) is 31.5 Å². The second-order valence-electron chi connectivity index (χ2n) is 7.19. The van der Waals surface area contributed by atoms with Crippen LogP contribution in [0.15, 0.2) is 60.7 Å². The first-order valence-electron chi connectivity index (χ1n) is 9.93. The van der Waals surface area contributed by atoms with Gasteiger partial charge in [-0.15, -0.1) is 0 Å². The fraction of sp³-hybridized carbons (Fsp3) is 0.292. The third-order valence-corrected chi connectivity index (χ3v) is 5.73. The van der Waals surface area contributed by atoms with Gasteiger partial charge in [-0.3, -0.25) is 0 Å². The summed E-state index contributed by atoms with van der Waals surface area (Å²) < 4.78 is 18.3. The third-order valence-electron chi connectivity index (χ3n) is 5.48. The van der Waals surface area contributed by atoms with Crippen LogP contribution < -0.4 is 10.5 Å². The molecule has 1 aliphatic heterocycles. The molecule has 1 heterocycles. The van der Waals surface area contributed by atoms with Crippen LogP contribution in [0.4, 0.5) is 0 Å². The van der Waals surface area contributed by atoms with Gasteiger partial charge in [-0.2, -0.15) is 5.26 Å². The van der Waals surface area contributed by atoms with Gasteiger partial charge in [0, 0.05) is 16.0 Å². The second-order valence-corrected chi connectivity index (χ2v) is 7.63. The van der Waals surface area contributed by atoms with Crippen molar-refractivity contribution < 1.29 is 14.2 Å². The minimum Gasteiger partial charge on any atom is -0.436 e. The van der Waals surface area contributed by atoms with Crippen molar-refractivity contribution in [2.24, 2.45) is 5.73 Å². The average molecular weight is 423 g/mol. The van der Waals surface area contributed by atoms with E-state index in [0.29, 0.717) is 10.8 Å². The molecule has 6 heteroatoms. The van der Waals surface area contributed by atoms with Gasteiger partial charge in [-0.05, 0) is 36.9 Å². The zero-order chi connectivity index (χ0) is 21.4. The van der Waals surface area contributed by atoms with E-state index in [2.05, 4.69) is 6.07 Å². The molecule has 0 amide bonds. The van der Waals surface area contributed by atoms with E-state index < -0.39 is 17.4 Å². The fourth-order valence-corrected chi connectivity index (χ4v) is 4.32. The van der Waals surface area contributed by atoms with Crippen molar-refractivity contribution in [1.29, 1.82) is 5.26 Å². The lowest BCUT2D eigenvalue weighted by molar-refractivity contribution is -0.369. The Morgan fingerprint density at radius 1 is 1.03 bits per heavy atom. The monoisotopic (exact) mass is 422 g/mol. The second kappa shape index (κ2) is 7.90. The van der Waals surface area contributed by atoms with Gasteiger partial charge in [0.05, 0.1) is 25.2 Å².